The molecular formula is C16H21NO4S. The number of carbonyl (C=O) groups is 2. The molecule has 2 rings (SSSR count). The first-order chi connectivity index (χ1) is 10.5. The predicted molar refractivity (Wildman–Crippen MR) is 86.4 cm³/mol. The van der Waals surface area contributed by atoms with Gasteiger partial charge in [0.2, 0.25) is 0 Å². The van der Waals surface area contributed by atoms with Crippen molar-refractivity contribution >= 4 is 29.0 Å². The summed E-state index contributed by atoms with van der Waals surface area (Å²) in [5, 5.41) is 10.9. The monoisotopic (exact) mass is 323 g/mol. The molecule has 0 radical (unpaired) electrons. The number of piperidine rings is 1. The van der Waals surface area contributed by atoms with Gasteiger partial charge in [0.15, 0.2) is 0 Å². The van der Waals surface area contributed by atoms with Crippen LogP contribution >= 0.6 is 11.3 Å². The van der Waals surface area contributed by atoms with Crippen molar-refractivity contribution < 1.29 is 19.4 Å². The van der Waals surface area contributed by atoms with Gasteiger partial charge in [-0.1, -0.05) is 6.08 Å². The minimum absolute atomic E-state index is 0.309. The smallest absolute Gasteiger partial charge is 0.407 e. The van der Waals surface area contributed by atoms with Gasteiger partial charge in [-0.2, -0.15) is 0 Å². The molecule has 0 unspecified atom stereocenters. The van der Waals surface area contributed by atoms with E-state index in [0.29, 0.717) is 24.6 Å². The summed E-state index contributed by atoms with van der Waals surface area (Å²) in [7, 11) is 1.39. The number of amides is 1. The van der Waals surface area contributed by atoms with Gasteiger partial charge >= 0.3 is 12.1 Å². The number of esters is 1. The Balaban J connectivity index is 2.19. The maximum atomic E-state index is 11.7. The van der Waals surface area contributed by atoms with Crippen LogP contribution in [0.5, 0.6) is 0 Å². The van der Waals surface area contributed by atoms with E-state index in [9.17, 15) is 9.59 Å². The molecule has 1 saturated heterocycles. The van der Waals surface area contributed by atoms with Gasteiger partial charge in [-0.15, -0.1) is 11.3 Å². The van der Waals surface area contributed by atoms with E-state index in [2.05, 4.69) is 6.08 Å². The van der Waals surface area contributed by atoms with Crippen molar-refractivity contribution in [3.8, 4) is 0 Å². The second-order valence-corrected chi connectivity index (χ2v) is 6.26. The van der Waals surface area contributed by atoms with E-state index >= 15 is 0 Å². The number of methoxy groups -OCH3 is 1. The van der Waals surface area contributed by atoms with E-state index in [1.165, 1.54) is 17.6 Å². The number of nitrogens with zero attached hydrogens (tertiary/aromatic N) is 1. The molecule has 0 aromatic carbocycles. The Morgan fingerprint density at radius 1 is 1.41 bits per heavy atom. The van der Waals surface area contributed by atoms with Crippen LogP contribution in [0.1, 0.15) is 40.6 Å². The SMILES string of the molecule is C/C=C(/c1scc(C(=O)OC)c1C)C1CCN(C(=O)O)CC1. The van der Waals surface area contributed by atoms with Crippen LogP contribution in [0.3, 0.4) is 0 Å². The molecule has 1 N–H and O–H groups in total. The number of carbonyl (C=O) groups excluding carboxylic acids is 1. The van der Waals surface area contributed by atoms with E-state index in [0.717, 1.165) is 23.3 Å². The van der Waals surface area contributed by atoms with Crippen LogP contribution < -0.4 is 0 Å². The summed E-state index contributed by atoms with van der Waals surface area (Å²) in [6.07, 6.45) is 2.87. The van der Waals surface area contributed by atoms with Crippen LogP contribution in [0.25, 0.3) is 5.57 Å². The van der Waals surface area contributed by atoms with Crippen molar-refractivity contribution in [1.82, 2.24) is 4.90 Å². The molecule has 2 heterocycles. The molecule has 1 fully saturated rings. The van der Waals surface area contributed by atoms with Gasteiger partial charge in [-0.25, -0.2) is 9.59 Å². The average Bonchev–Trinajstić information content (AvgIpc) is 2.90. The highest BCUT2D eigenvalue weighted by atomic mass is 32.1. The predicted octanol–water partition coefficient (Wildman–Crippen LogP) is 3.64. The zero-order valence-corrected chi connectivity index (χ0v) is 13.9. The molecule has 0 aliphatic carbocycles. The third-order valence-corrected chi connectivity index (χ3v) is 5.35. The number of rotatable bonds is 3. The Morgan fingerprint density at radius 2 is 2.05 bits per heavy atom. The van der Waals surface area contributed by atoms with Crippen LogP contribution in [-0.4, -0.2) is 42.3 Å². The minimum Gasteiger partial charge on any atom is -0.465 e. The normalized spacial score (nSPS) is 16.7. The van der Waals surface area contributed by atoms with Crippen LogP contribution in [0, 0.1) is 12.8 Å². The standard InChI is InChI=1S/C16H21NO4S/c1-4-12(11-5-7-17(8-6-11)16(19)20)14-10(2)13(9-22-14)15(18)21-3/h4,9,11H,5-8H2,1-3H3,(H,19,20)/b12-4+. The van der Waals surface area contributed by atoms with E-state index in [-0.39, 0.29) is 5.97 Å². The third-order valence-electron chi connectivity index (χ3n) is 4.22. The van der Waals surface area contributed by atoms with E-state index < -0.39 is 6.09 Å². The first kappa shape index (κ1) is 16.5. The molecule has 1 amide bonds. The van der Waals surface area contributed by atoms with Crippen LogP contribution in [0.4, 0.5) is 4.79 Å². The van der Waals surface area contributed by atoms with Gasteiger partial charge in [0.1, 0.15) is 0 Å². The zero-order valence-electron chi connectivity index (χ0n) is 13.1. The molecular weight excluding hydrogens is 302 g/mol. The fourth-order valence-electron chi connectivity index (χ4n) is 2.95. The second kappa shape index (κ2) is 6.96. The number of hydrogen-bond acceptors (Lipinski definition) is 4. The number of allylic oxidation sites excluding steroid dienone is 2. The maximum Gasteiger partial charge on any atom is 0.407 e. The summed E-state index contributed by atoms with van der Waals surface area (Å²) in [4.78, 5) is 25.3. The first-order valence-corrected chi connectivity index (χ1v) is 8.18. The van der Waals surface area contributed by atoms with Gasteiger partial charge in [0, 0.05) is 23.3 Å². The molecule has 22 heavy (non-hydrogen) atoms. The first-order valence-electron chi connectivity index (χ1n) is 7.30. The van der Waals surface area contributed by atoms with Crippen LogP contribution in [0.15, 0.2) is 11.5 Å². The van der Waals surface area contributed by atoms with Gasteiger partial charge in [-0.3, -0.25) is 0 Å². The molecule has 0 spiro atoms. The Bertz CT molecular complexity index is 597. The molecule has 1 aliphatic heterocycles. The van der Waals surface area contributed by atoms with Crippen LogP contribution in [0.2, 0.25) is 0 Å². The highest BCUT2D eigenvalue weighted by Gasteiger charge is 2.27. The highest BCUT2D eigenvalue weighted by Crippen LogP contribution is 2.37. The summed E-state index contributed by atoms with van der Waals surface area (Å²) >= 11 is 1.55. The lowest BCUT2D eigenvalue weighted by molar-refractivity contribution is 0.0600. The van der Waals surface area contributed by atoms with Crippen molar-refractivity contribution in [2.45, 2.75) is 26.7 Å². The summed E-state index contributed by atoms with van der Waals surface area (Å²) in [6, 6.07) is 0. The number of likely N-dealkylation sites (tertiary alicyclic amines) is 1. The number of thiophene rings is 1. The van der Waals surface area contributed by atoms with E-state index in [1.807, 2.05) is 19.2 Å². The largest absolute Gasteiger partial charge is 0.465 e. The molecule has 120 valence electrons. The summed E-state index contributed by atoms with van der Waals surface area (Å²) in [5.74, 6) is 0.0274. The number of ether oxygens (including phenoxy) is 1. The Morgan fingerprint density at radius 3 is 2.55 bits per heavy atom. The molecule has 1 aliphatic rings. The molecule has 1 aromatic rings. The summed E-state index contributed by atoms with van der Waals surface area (Å²) in [6.45, 7) is 5.06. The van der Waals surface area contributed by atoms with Gasteiger partial charge < -0.3 is 14.7 Å². The minimum atomic E-state index is -0.847. The molecule has 0 saturated carbocycles. The fourth-order valence-corrected chi connectivity index (χ4v) is 4.16. The third kappa shape index (κ3) is 3.16. The van der Waals surface area contributed by atoms with Crippen molar-refractivity contribution in [3.05, 3.63) is 27.5 Å². The average molecular weight is 323 g/mol. The Hall–Kier alpha value is -1.82. The van der Waals surface area contributed by atoms with E-state index in [1.54, 1.807) is 11.3 Å². The zero-order chi connectivity index (χ0) is 16.3. The maximum absolute atomic E-state index is 11.7. The fraction of sp³-hybridized carbons (Fsp3) is 0.500. The van der Waals surface area contributed by atoms with Gasteiger partial charge in [0.25, 0.3) is 0 Å². The topological polar surface area (TPSA) is 66.8 Å². The van der Waals surface area contributed by atoms with Crippen LogP contribution in [-0.2, 0) is 4.74 Å². The van der Waals surface area contributed by atoms with Gasteiger partial charge in [0.05, 0.1) is 12.7 Å². The molecule has 6 heteroatoms. The molecule has 1 aromatic heterocycles. The van der Waals surface area contributed by atoms with Gasteiger partial charge in [-0.05, 0) is 43.7 Å². The quantitative estimate of drug-likeness (QED) is 0.863. The molecule has 0 atom stereocenters. The van der Waals surface area contributed by atoms with Crippen molar-refractivity contribution in [2.24, 2.45) is 5.92 Å². The Kier molecular flexibility index (Phi) is 5.24. The lowest BCUT2D eigenvalue weighted by Crippen LogP contribution is -2.37. The lowest BCUT2D eigenvalue weighted by atomic mass is 9.87. The van der Waals surface area contributed by atoms with Crippen molar-refractivity contribution in [1.29, 1.82) is 0 Å². The summed E-state index contributed by atoms with van der Waals surface area (Å²) in [5.41, 5.74) is 2.78. The molecule has 5 nitrogen and oxygen atoms in total. The molecule has 0 bridgehead atoms. The van der Waals surface area contributed by atoms with Crippen molar-refractivity contribution in [3.63, 3.8) is 0 Å². The van der Waals surface area contributed by atoms with E-state index in [4.69, 9.17) is 9.84 Å². The van der Waals surface area contributed by atoms with Crippen molar-refractivity contribution in [2.75, 3.05) is 20.2 Å². The highest BCUT2D eigenvalue weighted by molar-refractivity contribution is 7.11. The number of carboxylic acid groups (broad SMARTS) is 1. The summed E-state index contributed by atoms with van der Waals surface area (Å²) < 4.78 is 4.81. The number of hydrogen-bond donors (Lipinski definition) is 1. The second-order valence-electron chi connectivity index (χ2n) is 5.38. The Labute approximate surface area is 134 Å². The lowest BCUT2D eigenvalue weighted by Gasteiger charge is -2.31.